The zero-order valence-electron chi connectivity index (χ0n) is 24.8. The Labute approximate surface area is 303 Å². The van der Waals surface area contributed by atoms with Crippen LogP contribution in [-0.2, 0) is 16.1 Å². The summed E-state index contributed by atoms with van der Waals surface area (Å²) in [5, 5.41) is 21.2. The van der Waals surface area contributed by atoms with Crippen LogP contribution >= 0.6 is 68.4 Å². The van der Waals surface area contributed by atoms with Gasteiger partial charge in [-0.05, 0) is 101 Å². The molecule has 4 rings (SSSR count). The van der Waals surface area contributed by atoms with E-state index in [1.807, 2.05) is 25.1 Å². The van der Waals surface area contributed by atoms with Gasteiger partial charge in [0, 0.05) is 30.4 Å². The van der Waals surface area contributed by atoms with Crippen molar-refractivity contribution in [3.05, 3.63) is 93.7 Å². The zero-order chi connectivity index (χ0) is 33.4. The van der Waals surface area contributed by atoms with Crippen LogP contribution in [0.2, 0.25) is 10.0 Å². The first-order valence-electron chi connectivity index (χ1n) is 13.8. The summed E-state index contributed by atoms with van der Waals surface area (Å²) in [5.74, 6) is 0.740. The number of aliphatic hydroxyl groups is 1. The highest BCUT2D eigenvalue weighted by atomic mass is 127. The summed E-state index contributed by atoms with van der Waals surface area (Å²) in [4.78, 5) is 24.7. The smallest absolute Gasteiger partial charge is 0.337 e. The Kier molecular flexibility index (Phi) is 13.0. The fourth-order valence-corrected chi connectivity index (χ4v) is 6.94. The van der Waals surface area contributed by atoms with E-state index in [4.69, 9.17) is 42.1 Å². The number of halogens is 4. The summed E-state index contributed by atoms with van der Waals surface area (Å²) in [6, 6.07) is 12.9. The van der Waals surface area contributed by atoms with Gasteiger partial charge in [-0.3, -0.25) is 5.43 Å². The SMILES string of the molecule is CCOc1cc([C@@H]2NC(=O)NC(C)=C2C(=O)OC)ccc1OC[C@H](O)N/N=C/c1cc(I)cc(I)c1OCc1ccc(Cl)cc1Cl. The van der Waals surface area contributed by atoms with Gasteiger partial charge in [0.1, 0.15) is 19.0 Å². The largest absolute Gasteiger partial charge is 0.490 e. The molecule has 2 amide bonds. The molecule has 0 saturated heterocycles. The lowest BCUT2D eigenvalue weighted by molar-refractivity contribution is -0.136. The molecule has 3 aromatic rings. The van der Waals surface area contributed by atoms with Crippen LogP contribution in [0.1, 0.15) is 36.6 Å². The molecule has 2 atom stereocenters. The number of aliphatic hydroxyl groups excluding tert-OH is 1. The van der Waals surface area contributed by atoms with E-state index in [9.17, 15) is 14.7 Å². The van der Waals surface area contributed by atoms with Gasteiger partial charge in [-0.15, -0.1) is 0 Å². The van der Waals surface area contributed by atoms with E-state index < -0.39 is 24.3 Å². The number of nitrogens with one attached hydrogen (secondary N) is 3. The topological polar surface area (TPSA) is 140 Å². The Balaban J connectivity index is 1.43. The average molecular weight is 895 g/mol. The van der Waals surface area contributed by atoms with E-state index in [0.717, 1.165) is 12.7 Å². The predicted molar refractivity (Wildman–Crippen MR) is 192 cm³/mol. The second-order valence-corrected chi connectivity index (χ2v) is 13.0. The fourth-order valence-electron chi connectivity index (χ4n) is 4.43. The molecule has 0 unspecified atom stereocenters. The summed E-state index contributed by atoms with van der Waals surface area (Å²) in [7, 11) is 1.27. The third-order valence-corrected chi connectivity index (χ3v) is 8.53. The number of methoxy groups -OCH3 is 1. The van der Waals surface area contributed by atoms with Gasteiger partial charge >= 0.3 is 12.0 Å². The maximum atomic E-state index is 12.5. The second kappa shape index (κ2) is 16.7. The Bertz CT molecular complexity index is 1670. The fraction of sp³-hybridized carbons (Fsp3) is 0.258. The number of urea groups is 1. The Morgan fingerprint density at radius 2 is 1.89 bits per heavy atom. The molecule has 46 heavy (non-hydrogen) atoms. The van der Waals surface area contributed by atoms with Gasteiger partial charge in [0.2, 0.25) is 0 Å². The summed E-state index contributed by atoms with van der Waals surface area (Å²) < 4.78 is 24.5. The van der Waals surface area contributed by atoms with Gasteiger partial charge in [0.25, 0.3) is 0 Å². The van der Waals surface area contributed by atoms with Crippen LogP contribution in [0.4, 0.5) is 4.79 Å². The van der Waals surface area contributed by atoms with Crippen molar-refractivity contribution in [3.63, 3.8) is 0 Å². The molecule has 244 valence electrons. The molecule has 4 N–H and O–H groups in total. The summed E-state index contributed by atoms with van der Waals surface area (Å²) in [5.41, 5.74) is 5.36. The van der Waals surface area contributed by atoms with Crippen molar-refractivity contribution >= 4 is 86.6 Å². The van der Waals surface area contributed by atoms with Gasteiger partial charge in [0.05, 0.1) is 35.1 Å². The molecule has 11 nitrogen and oxygen atoms in total. The number of hydrogen-bond donors (Lipinski definition) is 4. The first-order chi connectivity index (χ1) is 22.0. The quantitative estimate of drug-likeness (QED) is 0.0516. The van der Waals surface area contributed by atoms with E-state index in [1.165, 1.54) is 7.11 Å². The average Bonchev–Trinajstić information content (AvgIpc) is 3.00. The van der Waals surface area contributed by atoms with Gasteiger partial charge in [-0.2, -0.15) is 5.10 Å². The third-order valence-electron chi connectivity index (χ3n) is 6.52. The number of amides is 2. The highest BCUT2D eigenvalue weighted by Gasteiger charge is 2.32. The maximum absolute atomic E-state index is 12.5. The van der Waals surface area contributed by atoms with Crippen molar-refractivity contribution in [3.8, 4) is 17.2 Å². The van der Waals surface area contributed by atoms with Crippen LogP contribution in [0.15, 0.2) is 64.9 Å². The van der Waals surface area contributed by atoms with Crippen molar-refractivity contribution in [1.29, 1.82) is 0 Å². The minimum atomic E-state index is -1.18. The number of hydrazone groups is 1. The van der Waals surface area contributed by atoms with Crippen LogP contribution < -0.4 is 30.3 Å². The van der Waals surface area contributed by atoms with Crippen LogP contribution in [0.25, 0.3) is 0 Å². The molecule has 3 aromatic carbocycles. The van der Waals surface area contributed by atoms with Crippen molar-refractivity contribution < 1.29 is 33.6 Å². The molecule has 0 aliphatic carbocycles. The number of carbonyl (C=O) groups excluding carboxylic acids is 2. The van der Waals surface area contributed by atoms with E-state index in [1.54, 1.807) is 43.5 Å². The van der Waals surface area contributed by atoms with Gasteiger partial charge < -0.3 is 34.7 Å². The molecule has 0 spiro atoms. The number of benzene rings is 3. The van der Waals surface area contributed by atoms with Gasteiger partial charge in [-0.25, -0.2) is 9.59 Å². The molecule has 0 saturated carbocycles. The molecular weight excluding hydrogens is 865 g/mol. The summed E-state index contributed by atoms with van der Waals surface area (Å²) >= 11 is 16.7. The normalized spacial score (nSPS) is 15.2. The van der Waals surface area contributed by atoms with Crippen molar-refractivity contribution in [1.82, 2.24) is 16.1 Å². The third kappa shape index (κ3) is 9.30. The number of carbonyl (C=O) groups is 2. The second-order valence-electron chi connectivity index (χ2n) is 9.75. The highest BCUT2D eigenvalue weighted by molar-refractivity contribution is 14.1. The number of allylic oxidation sites excluding steroid dienone is 1. The lowest BCUT2D eigenvalue weighted by atomic mass is 9.95. The zero-order valence-corrected chi connectivity index (χ0v) is 30.7. The molecular formula is C31H30Cl2I2N4O7. The minimum Gasteiger partial charge on any atom is -0.490 e. The highest BCUT2D eigenvalue weighted by Crippen LogP contribution is 2.35. The standard InChI is InChI=1S/C31H30Cl2I2N4O7/c1-4-44-25-10-17(28-27(30(41)43-3)16(2)37-31(42)38-28)6-8-24(25)45-15-26(40)39-36-13-19-9-21(34)12-23(35)29(19)46-14-18-5-7-20(32)11-22(18)33/h5-13,26,28,39-40H,4,14-15H2,1-3H3,(H2,37,38,42)/b36-13+/t26-,28-/m0/s1. The molecule has 0 radical (unpaired) electrons. The molecule has 1 heterocycles. The van der Waals surface area contributed by atoms with Gasteiger partial charge in [-0.1, -0.05) is 35.3 Å². The van der Waals surface area contributed by atoms with Crippen molar-refractivity contribution in [2.45, 2.75) is 32.7 Å². The maximum Gasteiger partial charge on any atom is 0.337 e. The number of hydrogen-bond acceptors (Lipinski definition) is 9. The predicted octanol–water partition coefficient (Wildman–Crippen LogP) is 6.30. The number of ether oxygens (including phenoxy) is 4. The molecule has 0 bridgehead atoms. The lowest BCUT2D eigenvalue weighted by Crippen LogP contribution is -2.45. The van der Waals surface area contributed by atoms with Crippen LogP contribution in [-0.4, -0.2) is 49.9 Å². The molecule has 1 aliphatic heterocycles. The van der Waals surface area contributed by atoms with E-state index >= 15 is 0 Å². The molecule has 0 aromatic heterocycles. The minimum absolute atomic E-state index is 0.171. The summed E-state index contributed by atoms with van der Waals surface area (Å²) in [6.45, 7) is 3.81. The first kappa shape index (κ1) is 35.9. The van der Waals surface area contributed by atoms with Crippen molar-refractivity contribution in [2.75, 3.05) is 20.3 Å². The number of esters is 1. The molecule has 15 heteroatoms. The van der Waals surface area contributed by atoms with Crippen LogP contribution in [0.5, 0.6) is 17.2 Å². The molecule has 0 fully saturated rings. The summed E-state index contributed by atoms with van der Waals surface area (Å²) in [6.07, 6.45) is 0.374. The first-order valence-corrected chi connectivity index (χ1v) is 16.7. The van der Waals surface area contributed by atoms with Gasteiger partial charge in [0.15, 0.2) is 17.7 Å². The van der Waals surface area contributed by atoms with Crippen LogP contribution in [0.3, 0.4) is 0 Å². The monoisotopic (exact) mass is 894 g/mol. The number of nitrogens with zero attached hydrogens (tertiary/aromatic N) is 1. The van der Waals surface area contributed by atoms with E-state index in [-0.39, 0.29) is 18.8 Å². The Morgan fingerprint density at radius 3 is 2.61 bits per heavy atom. The lowest BCUT2D eigenvalue weighted by Gasteiger charge is -2.28. The number of rotatable bonds is 13. The molecule has 1 aliphatic rings. The van der Waals surface area contributed by atoms with Crippen molar-refractivity contribution in [2.24, 2.45) is 5.10 Å². The Hall–Kier alpha value is -2.99. The van der Waals surface area contributed by atoms with Crippen LogP contribution in [0, 0.1) is 7.14 Å². The Morgan fingerprint density at radius 1 is 1.11 bits per heavy atom. The van der Waals surface area contributed by atoms with E-state index in [2.05, 4.69) is 66.3 Å². The van der Waals surface area contributed by atoms with E-state index in [0.29, 0.717) is 50.7 Å².